The van der Waals surface area contributed by atoms with Gasteiger partial charge >= 0.3 is 0 Å². The van der Waals surface area contributed by atoms with E-state index in [-0.39, 0.29) is 5.96 Å². The molecule has 3 rings (SSSR count). The SMILES string of the molecule is CCOC(c1ccco1)N1CCN(Cc2cnc(Cl)s2)C1=N[N+](=O)[O-]. The van der Waals surface area contributed by atoms with E-state index in [9.17, 15) is 10.1 Å². The van der Waals surface area contributed by atoms with E-state index in [4.69, 9.17) is 20.8 Å². The van der Waals surface area contributed by atoms with Crippen LogP contribution < -0.4 is 0 Å². The van der Waals surface area contributed by atoms with Gasteiger partial charge in [-0.05, 0) is 19.1 Å². The average Bonchev–Trinajstić information content (AvgIpc) is 3.29. The second-order valence-corrected chi connectivity index (χ2v) is 6.85. The lowest BCUT2D eigenvalue weighted by Crippen LogP contribution is -2.37. The zero-order valence-electron chi connectivity index (χ0n) is 13.4. The van der Waals surface area contributed by atoms with Crippen molar-refractivity contribution < 1.29 is 14.2 Å². The minimum atomic E-state index is -0.703. The van der Waals surface area contributed by atoms with Gasteiger partial charge in [0.2, 0.25) is 0 Å². The number of ether oxygens (including phenoxy) is 1. The zero-order chi connectivity index (χ0) is 17.8. The first kappa shape index (κ1) is 17.6. The lowest BCUT2D eigenvalue weighted by atomic mass is 10.3. The van der Waals surface area contributed by atoms with E-state index < -0.39 is 11.3 Å². The number of rotatable bonds is 7. The summed E-state index contributed by atoms with van der Waals surface area (Å²) < 4.78 is 11.6. The summed E-state index contributed by atoms with van der Waals surface area (Å²) in [5.74, 6) is 0.796. The van der Waals surface area contributed by atoms with E-state index in [0.717, 1.165) is 4.88 Å². The fourth-order valence-corrected chi connectivity index (χ4v) is 3.63. The Kier molecular flexibility index (Phi) is 5.51. The Morgan fingerprint density at radius 2 is 2.44 bits per heavy atom. The monoisotopic (exact) mass is 385 g/mol. The third kappa shape index (κ3) is 4.09. The van der Waals surface area contributed by atoms with Gasteiger partial charge in [0.25, 0.3) is 5.96 Å². The van der Waals surface area contributed by atoms with Gasteiger partial charge in [0.1, 0.15) is 5.10 Å². The summed E-state index contributed by atoms with van der Waals surface area (Å²) in [6.45, 7) is 3.80. The van der Waals surface area contributed by atoms with E-state index in [1.165, 1.54) is 11.3 Å². The quantitative estimate of drug-likeness (QED) is 0.533. The Bertz CT molecular complexity index is 750. The Morgan fingerprint density at radius 3 is 3.04 bits per heavy atom. The van der Waals surface area contributed by atoms with E-state index in [0.29, 0.717) is 36.5 Å². The summed E-state index contributed by atoms with van der Waals surface area (Å²) in [6, 6.07) is 3.52. The predicted molar refractivity (Wildman–Crippen MR) is 91.7 cm³/mol. The van der Waals surface area contributed by atoms with Crippen molar-refractivity contribution in [2.45, 2.75) is 19.7 Å². The molecule has 0 N–H and O–H groups in total. The third-order valence-electron chi connectivity index (χ3n) is 3.59. The highest BCUT2D eigenvalue weighted by Gasteiger charge is 2.37. The van der Waals surface area contributed by atoms with Crippen molar-refractivity contribution in [2.75, 3.05) is 19.7 Å². The fourth-order valence-electron chi connectivity index (χ4n) is 2.64. The Hall–Kier alpha value is -2.17. The third-order valence-corrected chi connectivity index (χ3v) is 4.69. The van der Waals surface area contributed by atoms with E-state index in [1.807, 2.05) is 11.8 Å². The van der Waals surface area contributed by atoms with Crippen LogP contribution in [0.1, 0.15) is 23.8 Å². The summed E-state index contributed by atoms with van der Waals surface area (Å²) >= 11 is 7.19. The van der Waals surface area contributed by atoms with E-state index >= 15 is 0 Å². The molecule has 134 valence electrons. The predicted octanol–water partition coefficient (Wildman–Crippen LogP) is 2.79. The topological polar surface area (TPSA) is 97.2 Å². The van der Waals surface area contributed by atoms with Gasteiger partial charge in [-0.3, -0.25) is 0 Å². The number of nitro groups is 1. The van der Waals surface area contributed by atoms with Gasteiger partial charge in [-0.1, -0.05) is 11.6 Å². The number of hydrogen-bond donors (Lipinski definition) is 0. The first-order valence-electron chi connectivity index (χ1n) is 7.58. The van der Waals surface area contributed by atoms with Crippen molar-refractivity contribution >= 4 is 28.9 Å². The minimum absolute atomic E-state index is 0.226. The standard InChI is InChI=1S/C14H16ClN5O4S/c1-2-23-12(11-4-3-7-24-11)19-6-5-18(14(19)17-20(21)22)9-10-8-16-13(15)25-10/h3-4,7-8,12H,2,5-6,9H2,1H3. The molecule has 1 saturated heterocycles. The van der Waals surface area contributed by atoms with E-state index in [1.54, 1.807) is 29.5 Å². The summed E-state index contributed by atoms with van der Waals surface area (Å²) in [5, 5.41) is 13.9. The number of hydrogen-bond acceptors (Lipinski definition) is 6. The highest BCUT2D eigenvalue weighted by Crippen LogP contribution is 2.29. The molecule has 3 heterocycles. The smallest absolute Gasteiger partial charge is 0.276 e. The summed E-state index contributed by atoms with van der Waals surface area (Å²) in [6.07, 6.45) is 2.62. The van der Waals surface area contributed by atoms with Gasteiger partial charge in [-0.25, -0.2) is 15.1 Å². The first-order chi connectivity index (χ1) is 12.1. The summed E-state index contributed by atoms with van der Waals surface area (Å²) in [4.78, 5) is 19.5. The normalized spacial score (nSPS) is 17.4. The molecule has 1 aliphatic rings. The molecule has 25 heavy (non-hydrogen) atoms. The lowest BCUT2D eigenvalue weighted by Gasteiger charge is -2.27. The summed E-state index contributed by atoms with van der Waals surface area (Å²) in [5.41, 5.74) is 0. The highest BCUT2D eigenvalue weighted by molar-refractivity contribution is 7.15. The van der Waals surface area contributed by atoms with Crippen LogP contribution in [0.4, 0.5) is 0 Å². The number of nitrogens with zero attached hydrogens (tertiary/aromatic N) is 5. The molecule has 9 nitrogen and oxygen atoms in total. The molecule has 1 unspecified atom stereocenters. The number of hydrazone groups is 1. The number of furan rings is 1. The number of aromatic nitrogens is 1. The van der Waals surface area contributed by atoms with Gasteiger partial charge in [-0.2, -0.15) is 0 Å². The van der Waals surface area contributed by atoms with Crippen LogP contribution in [0.15, 0.2) is 34.1 Å². The molecule has 0 amide bonds. The van der Waals surface area contributed by atoms with Gasteiger partial charge in [0.15, 0.2) is 21.5 Å². The second kappa shape index (κ2) is 7.81. The molecular formula is C14H16ClN5O4S. The molecule has 1 aliphatic heterocycles. The van der Waals surface area contributed by atoms with Crippen molar-refractivity contribution in [3.8, 4) is 0 Å². The average molecular weight is 386 g/mol. The van der Waals surface area contributed by atoms with Crippen LogP contribution in [0.25, 0.3) is 0 Å². The first-order valence-corrected chi connectivity index (χ1v) is 8.77. The molecule has 2 aromatic rings. The minimum Gasteiger partial charge on any atom is -0.465 e. The van der Waals surface area contributed by atoms with Gasteiger partial charge in [0, 0.05) is 30.8 Å². The second-order valence-electron chi connectivity index (χ2n) is 5.16. The Balaban J connectivity index is 1.86. The van der Waals surface area contributed by atoms with Crippen molar-refractivity contribution in [1.29, 1.82) is 0 Å². The highest BCUT2D eigenvalue weighted by atomic mass is 35.5. The molecular weight excluding hydrogens is 370 g/mol. The van der Waals surface area contributed by atoms with Gasteiger partial charge < -0.3 is 19.0 Å². The number of guanidine groups is 1. The molecule has 0 spiro atoms. The van der Waals surface area contributed by atoms with Gasteiger partial charge in [-0.15, -0.1) is 11.3 Å². The molecule has 0 aliphatic carbocycles. The van der Waals surface area contributed by atoms with Crippen LogP contribution in [0, 0.1) is 10.1 Å². The van der Waals surface area contributed by atoms with Crippen molar-refractivity contribution in [3.05, 3.63) is 49.8 Å². The van der Waals surface area contributed by atoms with Gasteiger partial charge in [0.05, 0.1) is 12.8 Å². The molecule has 1 atom stereocenters. The van der Waals surface area contributed by atoms with Crippen LogP contribution >= 0.6 is 22.9 Å². The maximum absolute atomic E-state index is 11.0. The summed E-state index contributed by atoms with van der Waals surface area (Å²) in [7, 11) is 0. The van der Waals surface area contributed by atoms with Crippen LogP contribution in [0.3, 0.4) is 0 Å². The zero-order valence-corrected chi connectivity index (χ0v) is 14.9. The molecule has 0 radical (unpaired) electrons. The van der Waals surface area contributed by atoms with Crippen LogP contribution in [0.5, 0.6) is 0 Å². The molecule has 0 aromatic carbocycles. The van der Waals surface area contributed by atoms with Crippen molar-refractivity contribution in [2.24, 2.45) is 5.10 Å². The Labute approximate surface area is 152 Å². The van der Waals surface area contributed by atoms with Crippen molar-refractivity contribution in [3.63, 3.8) is 0 Å². The molecule has 1 fully saturated rings. The Morgan fingerprint density at radius 1 is 1.60 bits per heavy atom. The molecule has 11 heteroatoms. The number of thiazole rings is 1. The fraction of sp³-hybridized carbons (Fsp3) is 0.429. The molecule has 0 saturated carbocycles. The number of halogens is 1. The van der Waals surface area contributed by atoms with Crippen LogP contribution in [0.2, 0.25) is 4.47 Å². The molecule has 2 aromatic heterocycles. The van der Waals surface area contributed by atoms with Crippen molar-refractivity contribution in [1.82, 2.24) is 14.8 Å². The van der Waals surface area contributed by atoms with Crippen LogP contribution in [-0.4, -0.2) is 45.5 Å². The van der Waals surface area contributed by atoms with E-state index in [2.05, 4.69) is 10.1 Å². The maximum Gasteiger partial charge on any atom is 0.276 e. The van der Waals surface area contributed by atoms with Crippen LogP contribution in [-0.2, 0) is 11.3 Å². The largest absolute Gasteiger partial charge is 0.465 e. The maximum atomic E-state index is 11.0. The molecule has 0 bridgehead atoms. The lowest BCUT2D eigenvalue weighted by molar-refractivity contribution is -0.486.